The van der Waals surface area contributed by atoms with Crippen LogP contribution in [0.4, 0.5) is 0 Å². The summed E-state index contributed by atoms with van der Waals surface area (Å²) in [5.41, 5.74) is 2.62. The standard InChI is InChI=1S/C38H28O4.C14H12O6/c1-40-38(39)29-20-30(41-23-36-32-14-6-2-10-25(32)18-26-11-3-7-15-33(26)36)22-31(21-29)42-24-37-34-16-8-4-12-27(34)19-28-13-5-9-17-35(28)37;1-4-12(15)19-10-6-9(14(17)18-3)7-11(8-10)20-13(16)5-2/h2-22H,23-24H2,1H3;4-8H,1-2H2,3H3. The van der Waals surface area contributed by atoms with Gasteiger partial charge in [-0.25, -0.2) is 19.2 Å². The normalized spacial score (nSPS) is 10.6. The SMILES string of the molecule is C=CC(=O)Oc1cc(OC(=O)C=C)cc(C(=O)OC)c1.COC(=O)c1cc(OCc2c3ccccc3cc3ccccc23)cc(OCc2c3ccccc3cc3ccccc23)c1. The zero-order chi connectivity index (χ0) is 43.6. The number of hydrogen-bond acceptors (Lipinski definition) is 10. The lowest BCUT2D eigenvalue weighted by Crippen LogP contribution is -2.08. The summed E-state index contributed by atoms with van der Waals surface area (Å²) in [5.74, 6) is -1.44. The highest BCUT2D eigenvalue weighted by molar-refractivity contribution is 6.03. The van der Waals surface area contributed by atoms with Crippen LogP contribution in [0.25, 0.3) is 43.1 Å². The van der Waals surface area contributed by atoms with Crippen molar-refractivity contribution in [3.63, 3.8) is 0 Å². The third-order valence-corrected chi connectivity index (χ3v) is 9.90. The lowest BCUT2D eigenvalue weighted by atomic mass is 9.97. The Morgan fingerprint density at radius 2 is 0.742 bits per heavy atom. The van der Waals surface area contributed by atoms with Crippen LogP contribution < -0.4 is 18.9 Å². The Labute approximate surface area is 357 Å². The van der Waals surface area contributed by atoms with Gasteiger partial charge in [-0.3, -0.25) is 0 Å². The zero-order valence-corrected chi connectivity index (χ0v) is 33.9. The van der Waals surface area contributed by atoms with Gasteiger partial charge < -0.3 is 28.4 Å². The second kappa shape index (κ2) is 19.2. The van der Waals surface area contributed by atoms with Gasteiger partial charge in [-0.05, 0) is 79.5 Å². The van der Waals surface area contributed by atoms with Crippen molar-refractivity contribution in [2.45, 2.75) is 13.2 Å². The largest absolute Gasteiger partial charge is 0.489 e. The van der Waals surface area contributed by atoms with Crippen molar-refractivity contribution >= 4 is 67.0 Å². The molecule has 0 saturated heterocycles. The molecule has 0 saturated carbocycles. The van der Waals surface area contributed by atoms with Crippen molar-refractivity contribution < 1.29 is 47.6 Å². The highest BCUT2D eigenvalue weighted by Crippen LogP contribution is 2.33. The van der Waals surface area contributed by atoms with Gasteiger partial charge in [0.15, 0.2) is 0 Å². The van der Waals surface area contributed by atoms with E-state index in [0.29, 0.717) is 30.3 Å². The quantitative estimate of drug-likeness (QED) is 0.0509. The second-order valence-electron chi connectivity index (χ2n) is 13.8. The van der Waals surface area contributed by atoms with E-state index >= 15 is 0 Å². The molecule has 10 nitrogen and oxygen atoms in total. The van der Waals surface area contributed by atoms with Crippen LogP contribution >= 0.6 is 0 Å². The first-order valence-electron chi connectivity index (χ1n) is 19.4. The first-order valence-corrected chi connectivity index (χ1v) is 19.4. The van der Waals surface area contributed by atoms with Crippen LogP contribution in [0.15, 0.2) is 171 Å². The molecule has 0 radical (unpaired) electrons. The maximum Gasteiger partial charge on any atom is 0.338 e. The highest BCUT2D eigenvalue weighted by Gasteiger charge is 2.16. The molecule has 8 aromatic rings. The third-order valence-electron chi connectivity index (χ3n) is 9.90. The monoisotopic (exact) mass is 824 g/mol. The first kappa shape index (κ1) is 41.9. The molecule has 0 fully saturated rings. The van der Waals surface area contributed by atoms with Crippen molar-refractivity contribution in [2.24, 2.45) is 0 Å². The Balaban J connectivity index is 0.000000244. The molecule has 0 aliphatic rings. The molecule has 308 valence electrons. The summed E-state index contributed by atoms with van der Waals surface area (Å²) in [6.45, 7) is 7.17. The molecular weight excluding hydrogens is 785 g/mol. The van der Waals surface area contributed by atoms with Gasteiger partial charge >= 0.3 is 23.9 Å². The maximum absolute atomic E-state index is 12.6. The number of fused-ring (bicyclic) bond motifs is 4. The lowest BCUT2D eigenvalue weighted by molar-refractivity contribution is -0.129. The van der Waals surface area contributed by atoms with E-state index in [-0.39, 0.29) is 17.1 Å². The van der Waals surface area contributed by atoms with E-state index in [1.54, 1.807) is 12.1 Å². The van der Waals surface area contributed by atoms with Crippen molar-refractivity contribution in [3.8, 4) is 23.0 Å². The highest BCUT2D eigenvalue weighted by atomic mass is 16.5. The Bertz CT molecular complexity index is 2730. The number of rotatable bonds is 12. The Morgan fingerprint density at radius 1 is 0.435 bits per heavy atom. The van der Waals surface area contributed by atoms with E-state index < -0.39 is 23.9 Å². The van der Waals surface area contributed by atoms with Crippen LogP contribution in [0.2, 0.25) is 0 Å². The molecule has 0 N–H and O–H groups in total. The summed E-state index contributed by atoms with van der Waals surface area (Å²) < 4.78 is 32.1. The molecule has 0 bridgehead atoms. The predicted octanol–water partition coefficient (Wildman–Crippen LogP) is 10.9. The van der Waals surface area contributed by atoms with Gasteiger partial charge in [-0.15, -0.1) is 0 Å². The Hall–Kier alpha value is -8.24. The molecule has 0 amide bonds. The molecule has 0 heterocycles. The van der Waals surface area contributed by atoms with Crippen molar-refractivity contribution in [3.05, 3.63) is 193 Å². The average molecular weight is 825 g/mol. The summed E-state index contributed by atoms with van der Waals surface area (Å²) in [6, 6.07) is 46.8. The van der Waals surface area contributed by atoms with E-state index in [9.17, 15) is 19.2 Å². The number of hydrogen-bond donors (Lipinski definition) is 0. The van der Waals surface area contributed by atoms with E-state index in [2.05, 4.69) is 78.6 Å². The Kier molecular flexibility index (Phi) is 13.0. The molecule has 0 spiro atoms. The molecule has 10 heteroatoms. The van der Waals surface area contributed by atoms with Crippen LogP contribution in [-0.4, -0.2) is 38.1 Å². The van der Waals surface area contributed by atoms with Gasteiger partial charge in [0.2, 0.25) is 0 Å². The van der Waals surface area contributed by atoms with Crippen LogP contribution in [0.5, 0.6) is 23.0 Å². The number of ether oxygens (including phenoxy) is 6. The second-order valence-corrected chi connectivity index (χ2v) is 13.8. The first-order chi connectivity index (χ1) is 30.2. The molecule has 8 rings (SSSR count). The van der Waals surface area contributed by atoms with Gasteiger partial charge in [0.1, 0.15) is 36.2 Å². The number of esters is 4. The maximum atomic E-state index is 12.6. The summed E-state index contributed by atoms with van der Waals surface area (Å²) in [5, 5.41) is 9.18. The van der Waals surface area contributed by atoms with E-state index in [1.165, 1.54) is 32.4 Å². The van der Waals surface area contributed by atoms with E-state index in [0.717, 1.165) is 66.4 Å². The van der Waals surface area contributed by atoms with Crippen molar-refractivity contribution in [1.82, 2.24) is 0 Å². The molecule has 0 atom stereocenters. The van der Waals surface area contributed by atoms with Gasteiger partial charge in [0.25, 0.3) is 0 Å². The molecule has 62 heavy (non-hydrogen) atoms. The fraction of sp³-hybridized carbons (Fsp3) is 0.0769. The van der Waals surface area contributed by atoms with Crippen LogP contribution in [0.3, 0.4) is 0 Å². The van der Waals surface area contributed by atoms with Gasteiger partial charge in [-0.1, -0.05) is 110 Å². The molecule has 0 aliphatic heterocycles. The molecular formula is C52H40O10. The average Bonchev–Trinajstić information content (AvgIpc) is 3.31. The minimum atomic E-state index is -0.715. The minimum absolute atomic E-state index is 0.0182. The van der Waals surface area contributed by atoms with Crippen molar-refractivity contribution in [1.29, 1.82) is 0 Å². The molecule has 0 aliphatic carbocycles. The van der Waals surface area contributed by atoms with Crippen LogP contribution in [0, 0.1) is 0 Å². The fourth-order valence-electron chi connectivity index (χ4n) is 7.05. The summed E-state index contributed by atoms with van der Waals surface area (Å²) in [6.07, 6.45) is 1.92. The fourth-order valence-corrected chi connectivity index (χ4v) is 7.05. The van der Waals surface area contributed by atoms with Gasteiger partial charge in [0.05, 0.1) is 25.3 Å². The smallest absolute Gasteiger partial charge is 0.338 e. The number of carbonyl (C=O) groups excluding carboxylic acids is 4. The summed E-state index contributed by atoms with van der Waals surface area (Å²) >= 11 is 0. The van der Waals surface area contributed by atoms with Crippen molar-refractivity contribution in [2.75, 3.05) is 14.2 Å². The zero-order valence-electron chi connectivity index (χ0n) is 33.9. The van der Waals surface area contributed by atoms with E-state index in [1.807, 2.05) is 54.6 Å². The molecule has 0 unspecified atom stereocenters. The third kappa shape index (κ3) is 9.62. The number of carbonyl (C=O) groups is 4. The van der Waals surface area contributed by atoms with Gasteiger partial charge in [0, 0.05) is 35.4 Å². The lowest BCUT2D eigenvalue weighted by Gasteiger charge is -2.16. The number of benzene rings is 8. The minimum Gasteiger partial charge on any atom is -0.489 e. The predicted molar refractivity (Wildman–Crippen MR) is 239 cm³/mol. The summed E-state index contributed by atoms with van der Waals surface area (Å²) in [7, 11) is 2.57. The molecule has 0 aromatic heterocycles. The van der Waals surface area contributed by atoms with Crippen LogP contribution in [0.1, 0.15) is 31.8 Å². The van der Waals surface area contributed by atoms with Gasteiger partial charge in [-0.2, -0.15) is 0 Å². The van der Waals surface area contributed by atoms with E-state index in [4.69, 9.17) is 23.7 Å². The summed E-state index contributed by atoms with van der Waals surface area (Å²) in [4.78, 5) is 46.4. The van der Waals surface area contributed by atoms with Crippen LogP contribution in [-0.2, 0) is 32.3 Å². The number of methoxy groups -OCH3 is 2. The Morgan fingerprint density at radius 3 is 1.06 bits per heavy atom. The molecule has 8 aromatic carbocycles. The topological polar surface area (TPSA) is 124 Å².